The molecule has 0 saturated carbocycles. The molecule has 110 valence electrons. The molecule has 0 aliphatic heterocycles. The average molecular weight is 291 g/mol. The molecule has 0 spiro atoms. The Morgan fingerprint density at radius 2 is 1.95 bits per heavy atom. The Kier molecular flexibility index (Phi) is 3.83. The number of nitrogens with one attached hydrogen (secondary N) is 1. The summed E-state index contributed by atoms with van der Waals surface area (Å²) in [5.41, 5.74) is 3.07. The first kappa shape index (κ1) is 14.2. The molecule has 1 amide bonds. The number of hydrogen-bond donors (Lipinski definition) is 1. The van der Waals surface area contributed by atoms with E-state index in [1.54, 1.807) is 18.5 Å². The summed E-state index contributed by atoms with van der Waals surface area (Å²) in [6.07, 6.45) is 3.30. The SMILES string of the molecule is CC(C)c1cc(C(=O)Nc2cccnc2)c2ccccc2n1. The van der Waals surface area contributed by atoms with E-state index in [2.05, 4.69) is 29.1 Å². The van der Waals surface area contributed by atoms with Crippen LogP contribution in [-0.4, -0.2) is 15.9 Å². The second-order valence-electron chi connectivity index (χ2n) is 5.46. The van der Waals surface area contributed by atoms with Gasteiger partial charge >= 0.3 is 0 Å². The monoisotopic (exact) mass is 291 g/mol. The van der Waals surface area contributed by atoms with Gasteiger partial charge in [0.2, 0.25) is 0 Å². The number of amides is 1. The van der Waals surface area contributed by atoms with Gasteiger partial charge in [0.1, 0.15) is 0 Å². The van der Waals surface area contributed by atoms with Crippen LogP contribution in [0.3, 0.4) is 0 Å². The van der Waals surface area contributed by atoms with Crippen molar-refractivity contribution in [1.29, 1.82) is 0 Å². The fourth-order valence-corrected chi connectivity index (χ4v) is 2.31. The van der Waals surface area contributed by atoms with E-state index in [1.807, 2.05) is 36.4 Å². The van der Waals surface area contributed by atoms with Crippen molar-refractivity contribution in [3.63, 3.8) is 0 Å². The van der Waals surface area contributed by atoms with Gasteiger partial charge in [-0.2, -0.15) is 0 Å². The van der Waals surface area contributed by atoms with Gasteiger partial charge in [-0.05, 0) is 30.2 Å². The fourth-order valence-electron chi connectivity index (χ4n) is 2.31. The summed E-state index contributed by atoms with van der Waals surface area (Å²) in [6, 6.07) is 13.2. The summed E-state index contributed by atoms with van der Waals surface area (Å²) in [5.74, 6) is 0.114. The highest BCUT2D eigenvalue weighted by Gasteiger charge is 2.14. The van der Waals surface area contributed by atoms with Crippen molar-refractivity contribution in [1.82, 2.24) is 9.97 Å². The zero-order valence-electron chi connectivity index (χ0n) is 12.6. The Balaban J connectivity index is 2.06. The minimum atomic E-state index is -0.145. The number of pyridine rings is 2. The average Bonchev–Trinajstić information content (AvgIpc) is 2.54. The summed E-state index contributed by atoms with van der Waals surface area (Å²) >= 11 is 0. The van der Waals surface area contributed by atoms with Crippen molar-refractivity contribution in [2.45, 2.75) is 19.8 Å². The molecule has 1 N–H and O–H groups in total. The van der Waals surface area contributed by atoms with Crippen LogP contribution in [0.15, 0.2) is 54.9 Å². The maximum Gasteiger partial charge on any atom is 0.256 e. The summed E-state index contributed by atoms with van der Waals surface area (Å²) in [7, 11) is 0. The predicted molar refractivity (Wildman–Crippen MR) is 88.0 cm³/mol. The first-order chi connectivity index (χ1) is 10.6. The second-order valence-corrected chi connectivity index (χ2v) is 5.46. The van der Waals surface area contributed by atoms with E-state index in [9.17, 15) is 4.79 Å². The number of carbonyl (C=O) groups excluding carboxylic acids is 1. The Morgan fingerprint density at radius 3 is 2.68 bits per heavy atom. The van der Waals surface area contributed by atoms with Gasteiger partial charge < -0.3 is 5.32 Å². The molecular weight excluding hydrogens is 274 g/mol. The zero-order valence-corrected chi connectivity index (χ0v) is 12.6. The third-order valence-corrected chi connectivity index (χ3v) is 3.49. The molecule has 2 heterocycles. The molecule has 1 aromatic carbocycles. The Morgan fingerprint density at radius 1 is 1.14 bits per heavy atom. The standard InChI is InChI=1S/C18H17N3O/c1-12(2)17-10-15(14-7-3-4-8-16(14)21-17)18(22)20-13-6-5-9-19-11-13/h3-12H,1-2H3,(H,20,22). The number of anilines is 1. The Hall–Kier alpha value is -2.75. The highest BCUT2D eigenvalue weighted by atomic mass is 16.1. The molecule has 0 bridgehead atoms. The van der Waals surface area contributed by atoms with Crippen LogP contribution in [0.4, 0.5) is 5.69 Å². The fraction of sp³-hybridized carbons (Fsp3) is 0.167. The third kappa shape index (κ3) is 2.81. The normalized spacial score (nSPS) is 10.9. The van der Waals surface area contributed by atoms with Crippen LogP contribution in [-0.2, 0) is 0 Å². The van der Waals surface area contributed by atoms with Gasteiger partial charge in [-0.15, -0.1) is 0 Å². The second kappa shape index (κ2) is 5.93. The molecule has 0 radical (unpaired) electrons. The molecule has 0 atom stereocenters. The largest absolute Gasteiger partial charge is 0.321 e. The predicted octanol–water partition coefficient (Wildman–Crippen LogP) is 4.01. The van der Waals surface area contributed by atoms with E-state index in [0.717, 1.165) is 16.6 Å². The van der Waals surface area contributed by atoms with Crippen LogP contribution < -0.4 is 5.32 Å². The maximum absolute atomic E-state index is 12.6. The topological polar surface area (TPSA) is 54.9 Å². The van der Waals surface area contributed by atoms with Crippen LogP contribution in [0.25, 0.3) is 10.9 Å². The number of benzene rings is 1. The Bertz CT molecular complexity index is 813. The number of rotatable bonds is 3. The van der Waals surface area contributed by atoms with Gasteiger partial charge in [0, 0.05) is 17.3 Å². The number of aromatic nitrogens is 2. The Labute approximate surface area is 129 Å². The van der Waals surface area contributed by atoms with E-state index in [4.69, 9.17) is 0 Å². The molecule has 4 nitrogen and oxygen atoms in total. The number of fused-ring (bicyclic) bond motifs is 1. The lowest BCUT2D eigenvalue weighted by Gasteiger charge is -2.12. The molecule has 3 rings (SSSR count). The summed E-state index contributed by atoms with van der Waals surface area (Å²) in [4.78, 5) is 21.3. The molecule has 0 aliphatic carbocycles. The summed E-state index contributed by atoms with van der Waals surface area (Å²) in [6.45, 7) is 4.14. The highest BCUT2D eigenvalue weighted by molar-refractivity contribution is 6.12. The van der Waals surface area contributed by atoms with E-state index in [0.29, 0.717) is 11.3 Å². The van der Waals surface area contributed by atoms with Crippen molar-refractivity contribution in [3.8, 4) is 0 Å². The lowest BCUT2D eigenvalue weighted by atomic mass is 10.0. The lowest BCUT2D eigenvalue weighted by Crippen LogP contribution is -2.13. The van der Waals surface area contributed by atoms with Crippen LogP contribution in [0.5, 0.6) is 0 Å². The minimum Gasteiger partial charge on any atom is -0.321 e. The first-order valence-corrected chi connectivity index (χ1v) is 7.26. The van der Waals surface area contributed by atoms with Gasteiger partial charge in [-0.3, -0.25) is 14.8 Å². The molecule has 0 unspecified atom stereocenters. The molecular formula is C18H17N3O. The van der Waals surface area contributed by atoms with E-state index >= 15 is 0 Å². The lowest BCUT2D eigenvalue weighted by molar-refractivity contribution is 0.102. The van der Waals surface area contributed by atoms with Crippen LogP contribution in [0, 0.1) is 0 Å². The molecule has 4 heteroatoms. The van der Waals surface area contributed by atoms with Crippen molar-refractivity contribution < 1.29 is 4.79 Å². The quantitative estimate of drug-likeness (QED) is 0.793. The summed E-state index contributed by atoms with van der Waals surface area (Å²) in [5, 5.41) is 3.74. The van der Waals surface area contributed by atoms with Gasteiger partial charge in [0.15, 0.2) is 0 Å². The van der Waals surface area contributed by atoms with Crippen LogP contribution in [0.2, 0.25) is 0 Å². The maximum atomic E-state index is 12.6. The molecule has 0 aliphatic rings. The molecule has 3 aromatic rings. The van der Waals surface area contributed by atoms with Crippen LogP contribution in [0.1, 0.15) is 35.8 Å². The number of para-hydroxylation sites is 1. The number of carbonyl (C=O) groups is 1. The van der Waals surface area contributed by atoms with Gasteiger partial charge in [0.25, 0.3) is 5.91 Å². The third-order valence-electron chi connectivity index (χ3n) is 3.49. The summed E-state index contributed by atoms with van der Waals surface area (Å²) < 4.78 is 0. The first-order valence-electron chi connectivity index (χ1n) is 7.26. The van der Waals surface area contributed by atoms with Crippen molar-refractivity contribution in [2.75, 3.05) is 5.32 Å². The van der Waals surface area contributed by atoms with E-state index in [1.165, 1.54) is 0 Å². The molecule has 0 saturated heterocycles. The zero-order chi connectivity index (χ0) is 15.5. The van der Waals surface area contributed by atoms with E-state index < -0.39 is 0 Å². The van der Waals surface area contributed by atoms with Crippen molar-refractivity contribution in [3.05, 3.63) is 66.1 Å². The van der Waals surface area contributed by atoms with Gasteiger partial charge in [0.05, 0.1) is 23.0 Å². The van der Waals surface area contributed by atoms with Crippen molar-refractivity contribution >= 4 is 22.5 Å². The van der Waals surface area contributed by atoms with E-state index in [-0.39, 0.29) is 11.8 Å². The number of nitrogens with zero attached hydrogens (tertiary/aromatic N) is 2. The van der Waals surface area contributed by atoms with Gasteiger partial charge in [-0.25, -0.2) is 0 Å². The van der Waals surface area contributed by atoms with Crippen LogP contribution >= 0.6 is 0 Å². The number of hydrogen-bond acceptors (Lipinski definition) is 3. The molecule has 0 fully saturated rings. The molecule has 22 heavy (non-hydrogen) atoms. The van der Waals surface area contributed by atoms with Crippen molar-refractivity contribution in [2.24, 2.45) is 0 Å². The molecule has 2 aromatic heterocycles. The smallest absolute Gasteiger partial charge is 0.256 e. The minimum absolute atomic E-state index is 0.145. The highest BCUT2D eigenvalue weighted by Crippen LogP contribution is 2.23. The van der Waals surface area contributed by atoms with Gasteiger partial charge in [-0.1, -0.05) is 32.0 Å².